The second-order valence-corrected chi connectivity index (χ2v) is 8.20. The zero-order valence-corrected chi connectivity index (χ0v) is 18.6. The van der Waals surface area contributed by atoms with Crippen LogP contribution in [0.25, 0.3) is 0 Å². The van der Waals surface area contributed by atoms with Gasteiger partial charge < -0.3 is 24.1 Å². The lowest BCUT2D eigenvalue weighted by atomic mass is 9.93. The average molecular weight is 436 g/mol. The Morgan fingerprint density at radius 1 is 1.03 bits per heavy atom. The fourth-order valence-electron chi connectivity index (χ4n) is 3.97. The zero-order valence-electron chi connectivity index (χ0n) is 17.8. The lowest BCUT2D eigenvalue weighted by Gasteiger charge is -2.35. The van der Waals surface area contributed by atoms with Crippen molar-refractivity contribution in [3.05, 3.63) is 47.0 Å². The monoisotopic (exact) mass is 435 g/mol. The molecule has 6 nitrogen and oxygen atoms in total. The minimum atomic E-state index is -0.0153. The molecule has 0 saturated carbocycles. The Morgan fingerprint density at radius 3 is 2.30 bits per heavy atom. The summed E-state index contributed by atoms with van der Waals surface area (Å²) in [5.41, 5.74) is 3.91. The first-order chi connectivity index (χ1) is 14.0. The third kappa shape index (κ3) is 4.61. The molecule has 1 N–H and O–H groups in total. The van der Waals surface area contributed by atoms with Gasteiger partial charge in [0.15, 0.2) is 23.0 Å². The minimum Gasteiger partial charge on any atom is -0.493 e. The molecule has 0 saturated heterocycles. The van der Waals surface area contributed by atoms with Crippen molar-refractivity contribution in [1.29, 1.82) is 0 Å². The number of hydrogen-bond donors (Lipinski definition) is 1. The van der Waals surface area contributed by atoms with Crippen LogP contribution in [0.4, 0.5) is 0 Å². The number of aliphatic hydroxyl groups is 1. The lowest BCUT2D eigenvalue weighted by molar-refractivity contribution is 0.109. The largest absolute Gasteiger partial charge is 0.493 e. The van der Waals surface area contributed by atoms with Gasteiger partial charge in [-0.3, -0.25) is 4.90 Å². The van der Waals surface area contributed by atoms with E-state index in [-0.39, 0.29) is 31.2 Å². The molecule has 164 valence electrons. The molecule has 0 amide bonds. The van der Waals surface area contributed by atoms with Crippen molar-refractivity contribution in [1.82, 2.24) is 4.90 Å². The third-order valence-electron chi connectivity index (χ3n) is 5.88. The van der Waals surface area contributed by atoms with Gasteiger partial charge in [-0.05, 0) is 67.6 Å². The van der Waals surface area contributed by atoms with E-state index in [0.717, 1.165) is 37.4 Å². The summed E-state index contributed by atoms with van der Waals surface area (Å²) in [5, 5.41) is 8.95. The molecule has 0 spiro atoms. The standard InChI is InChI=1S/C23H29NO5.ClH/c1-23(2,7-6-16-4-5-19(27-9-8-25)20(10-16)26-3)24-13-17-11-21-22(29-15-28-21)12-18(17)14-24;/h4-5,10-12,25H,6-9,13-15H2,1-3H3;1H. The lowest BCUT2D eigenvalue weighted by Crippen LogP contribution is -2.40. The molecule has 2 aromatic carbocycles. The Labute approximate surface area is 184 Å². The number of methoxy groups -OCH3 is 1. The predicted octanol–water partition coefficient (Wildman–Crippen LogP) is 3.94. The van der Waals surface area contributed by atoms with Gasteiger partial charge in [-0.2, -0.15) is 0 Å². The van der Waals surface area contributed by atoms with Crippen molar-refractivity contribution in [2.75, 3.05) is 27.1 Å². The van der Waals surface area contributed by atoms with Crippen LogP contribution in [-0.2, 0) is 19.5 Å². The maximum atomic E-state index is 8.95. The molecule has 2 aliphatic rings. The fourth-order valence-corrected chi connectivity index (χ4v) is 3.97. The van der Waals surface area contributed by atoms with Crippen molar-refractivity contribution in [2.45, 2.75) is 45.3 Å². The van der Waals surface area contributed by atoms with Gasteiger partial charge in [0.05, 0.1) is 13.7 Å². The summed E-state index contributed by atoms with van der Waals surface area (Å²) in [6.07, 6.45) is 1.97. The maximum Gasteiger partial charge on any atom is 0.231 e. The number of rotatable bonds is 8. The van der Waals surface area contributed by atoms with Crippen molar-refractivity contribution in [2.24, 2.45) is 0 Å². The van der Waals surface area contributed by atoms with Crippen molar-refractivity contribution >= 4 is 12.4 Å². The van der Waals surface area contributed by atoms with Gasteiger partial charge in [0.25, 0.3) is 0 Å². The average Bonchev–Trinajstić information content (AvgIpc) is 3.35. The zero-order chi connectivity index (χ0) is 20.4. The maximum absolute atomic E-state index is 8.95. The van der Waals surface area contributed by atoms with E-state index in [4.69, 9.17) is 24.1 Å². The summed E-state index contributed by atoms with van der Waals surface area (Å²) in [5.74, 6) is 3.09. The Balaban J connectivity index is 0.00000256. The molecule has 0 bridgehead atoms. The molecule has 4 rings (SSSR count). The van der Waals surface area contributed by atoms with Crippen LogP contribution in [0.1, 0.15) is 37.0 Å². The first-order valence-electron chi connectivity index (χ1n) is 10.1. The Bertz CT molecular complexity index is 853. The number of aryl methyl sites for hydroxylation is 1. The molecule has 2 aromatic rings. The first-order valence-corrected chi connectivity index (χ1v) is 10.1. The Hall–Kier alpha value is -2.15. The van der Waals surface area contributed by atoms with Gasteiger partial charge in [-0.25, -0.2) is 0 Å². The van der Waals surface area contributed by atoms with Crippen LogP contribution in [0.3, 0.4) is 0 Å². The van der Waals surface area contributed by atoms with Crippen molar-refractivity contribution in [3.63, 3.8) is 0 Å². The quantitative estimate of drug-likeness (QED) is 0.677. The normalized spacial score (nSPS) is 14.9. The number of ether oxygens (including phenoxy) is 4. The van der Waals surface area contributed by atoms with E-state index < -0.39 is 0 Å². The molecule has 2 aliphatic heterocycles. The SMILES string of the molecule is COc1cc(CCC(C)(C)N2Cc3cc4c(cc3C2)OCO4)ccc1OCCO.Cl. The van der Waals surface area contributed by atoms with Crippen LogP contribution in [0.15, 0.2) is 30.3 Å². The van der Waals surface area contributed by atoms with E-state index in [0.29, 0.717) is 18.3 Å². The number of nitrogens with zero attached hydrogens (tertiary/aromatic N) is 1. The van der Waals surface area contributed by atoms with Gasteiger partial charge in [-0.15, -0.1) is 12.4 Å². The summed E-state index contributed by atoms with van der Waals surface area (Å²) in [7, 11) is 1.64. The van der Waals surface area contributed by atoms with Crippen molar-refractivity contribution in [3.8, 4) is 23.0 Å². The van der Waals surface area contributed by atoms with Gasteiger partial charge in [0.1, 0.15) is 6.61 Å². The minimum absolute atomic E-state index is 0. The third-order valence-corrected chi connectivity index (χ3v) is 5.88. The molecule has 2 heterocycles. The Morgan fingerprint density at radius 2 is 1.70 bits per heavy atom. The molecule has 0 radical (unpaired) electrons. The summed E-state index contributed by atoms with van der Waals surface area (Å²) >= 11 is 0. The van der Waals surface area contributed by atoms with Crippen LogP contribution in [0.2, 0.25) is 0 Å². The second kappa shape index (κ2) is 9.33. The molecule has 0 fully saturated rings. The van der Waals surface area contributed by atoms with E-state index in [1.165, 1.54) is 16.7 Å². The van der Waals surface area contributed by atoms with Gasteiger partial charge >= 0.3 is 0 Å². The van der Waals surface area contributed by atoms with Gasteiger partial charge in [-0.1, -0.05) is 6.07 Å². The first kappa shape index (κ1) is 22.5. The number of hydrogen-bond acceptors (Lipinski definition) is 6. The smallest absolute Gasteiger partial charge is 0.231 e. The van der Waals surface area contributed by atoms with Crippen LogP contribution in [0.5, 0.6) is 23.0 Å². The van der Waals surface area contributed by atoms with Gasteiger partial charge in [0, 0.05) is 18.6 Å². The number of fused-ring (bicyclic) bond motifs is 2. The van der Waals surface area contributed by atoms with Crippen LogP contribution in [-0.4, -0.2) is 42.7 Å². The number of benzene rings is 2. The topological polar surface area (TPSA) is 60.4 Å². The summed E-state index contributed by atoms with van der Waals surface area (Å²) in [6.45, 7) is 7.02. The highest BCUT2D eigenvalue weighted by Gasteiger charge is 2.33. The summed E-state index contributed by atoms with van der Waals surface area (Å²) < 4.78 is 22.0. The number of aliphatic hydroxyl groups excluding tert-OH is 1. The molecular weight excluding hydrogens is 406 g/mol. The Kier molecular flexibility index (Phi) is 7.01. The molecule has 0 aromatic heterocycles. The summed E-state index contributed by atoms with van der Waals surface area (Å²) in [6, 6.07) is 10.3. The van der Waals surface area contributed by atoms with E-state index in [1.54, 1.807) is 7.11 Å². The molecule has 0 aliphatic carbocycles. The highest BCUT2D eigenvalue weighted by molar-refractivity contribution is 5.85. The van der Waals surface area contributed by atoms with Crippen molar-refractivity contribution < 1.29 is 24.1 Å². The summed E-state index contributed by atoms with van der Waals surface area (Å²) in [4.78, 5) is 2.52. The molecule has 0 unspecified atom stereocenters. The molecule has 30 heavy (non-hydrogen) atoms. The van der Waals surface area contributed by atoms with E-state index in [1.807, 2.05) is 12.1 Å². The highest BCUT2D eigenvalue weighted by Crippen LogP contribution is 2.40. The highest BCUT2D eigenvalue weighted by atomic mass is 35.5. The van der Waals surface area contributed by atoms with Gasteiger partial charge in [0.2, 0.25) is 6.79 Å². The van der Waals surface area contributed by atoms with Crippen LogP contribution < -0.4 is 18.9 Å². The predicted molar refractivity (Wildman–Crippen MR) is 117 cm³/mol. The second-order valence-electron chi connectivity index (χ2n) is 8.20. The van der Waals surface area contributed by atoms with E-state index in [2.05, 4.69) is 36.9 Å². The van der Waals surface area contributed by atoms with Crippen LogP contribution >= 0.6 is 12.4 Å². The van der Waals surface area contributed by atoms with E-state index in [9.17, 15) is 0 Å². The van der Waals surface area contributed by atoms with Crippen LogP contribution in [0, 0.1) is 0 Å². The molecular formula is C23H30ClNO5. The number of halogens is 1. The molecule has 0 atom stereocenters. The molecule has 7 heteroatoms. The van der Waals surface area contributed by atoms with E-state index >= 15 is 0 Å². The fraction of sp³-hybridized carbons (Fsp3) is 0.478.